The van der Waals surface area contributed by atoms with Crippen LogP contribution >= 0.6 is 0 Å². The van der Waals surface area contributed by atoms with Crippen LogP contribution in [-0.4, -0.2) is 63.1 Å². The highest BCUT2D eigenvalue weighted by Gasteiger charge is 2.42. The van der Waals surface area contributed by atoms with Crippen LogP contribution < -0.4 is 20.7 Å². The number of piperidine rings is 1. The van der Waals surface area contributed by atoms with E-state index in [0.29, 0.717) is 34.7 Å². The van der Waals surface area contributed by atoms with Crippen LogP contribution in [0.2, 0.25) is 0 Å². The van der Waals surface area contributed by atoms with Gasteiger partial charge in [-0.3, -0.25) is 9.59 Å². The maximum Gasteiger partial charge on any atom is 0.270 e. The Morgan fingerprint density at radius 3 is 2.77 bits per heavy atom. The molecule has 12 heteroatoms. The van der Waals surface area contributed by atoms with Crippen molar-refractivity contribution < 1.29 is 23.1 Å². The second-order valence-corrected chi connectivity index (χ2v) is 12.4. The van der Waals surface area contributed by atoms with Crippen molar-refractivity contribution in [2.75, 3.05) is 20.2 Å². The van der Waals surface area contributed by atoms with Gasteiger partial charge in [0.2, 0.25) is 0 Å². The molecule has 10 nitrogen and oxygen atoms in total. The molecule has 2 bridgehead atoms. The number of carbonyl (C=O) groups is 2. The lowest BCUT2D eigenvalue weighted by atomic mass is 10.0. The van der Waals surface area contributed by atoms with Crippen LogP contribution in [0, 0.1) is 0 Å². The summed E-state index contributed by atoms with van der Waals surface area (Å²) in [6.07, 6.45) is 5.31. The van der Waals surface area contributed by atoms with Crippen LogP contribution in [0.5, 0.6) is 5.75 Å². The first kappa shape index (κ1) is 31.5. The van der Waals surface area contributed by atoms with E-state index in [9.17, 15) is 18.4 Å². The third-order valence-corrected chi connectivity index (χ3v) is 9.26. The zero-order valence-electron chi connectivity index (χ0n) is 27.0. The molecule has 1 saturated heterocycles. The molecular formula is C36H37F2N7O3. The normalized spacial score (nSPS) is 20.2. The highest BCUT2D eigenvalue weighted by Crippen LogP contribution is 2.35. The second-order valence-electron chi connectivity index (χ2n) is 12.4. The summed E-state index contributed by atoms with van der Waals surface area (Å²) in [4.78, 5) is 36.5. The molecule has 2 aliphatic rings. The maximum absolute atomic E-state index is 14.5. The van der Waals surface area contributed by atoms with Gasteiger partial charge < -0.3 is 29.8 Å². The predicted octanol–water partition coefficient (Wildman–Crippen LogP) is 5.62. The van der Waals surface area contributed by atoms with Gasteiger partial charge in [-0.25, -0.2) is 18.7 Å². The number of aromatic nitrogens is 4. The summed E-state index contributed by atoms with van der Waals surface area (Å²) in [5.74, 6) is -2.75. The number of imidazole rings is 1. The van der Waals surface area contributed by atoms with Crippen LogP contribution in [0.4, 0.5) is 8.78 Å². The van der Waals surface area contributed by atoms with Gasteiger partial charge in [0.25, 0.3) is 17.7 Å². The van der Waals surface area contributed by atoms with Crippen molar-refractivity contribution in [1.29, 1.82) is 0 Å². The Morgan fingerprint density at radius 2 is 1.96 bits per heavy atom. The minimum atomic E-state index is -3.00. The van der Waals surface area contributed by atoms with Gasteiger partial charge in [-0.2, -0.15) is 0 Å². The molecule has 48 heavy (non-hydrogen) atoms. The molecule has 7 rings (SSSR count). The lowest BCUT2D eigenvalue weighted by Gasteiger charge is -2.32. The molecule has 3 aromatic heterocycles. The van der Waals surface area contributed by atoms with E-state index >= 15 is 0 Å². The number of fused-ring (bicyclic) bond motifs is 3. The SMILES string of the molecule is COc1cc(C(=O)N[C@H]2CNCCC2(F)F)cc2nc(-c3cc4ccc5nc4n3CCC/C=C/c3ccccc3C(=O)N[C@@H]5C)n(C)c12. The highest BCUT2D eigenvalue weighted by atomic mass is 19.3. The summed E-state index contributed by atoms with van der Waals surface area (Å²) < 4.78 is 38.8. The number of ether oxygens (including phenoxy) is 1. The molecule has 5 aromatic rings. The predicted molar refractivity (Wildman–Crippen MR) is 180 cm³/mol. The van der Waals surface area contributed by atoms with E-state index in [4.69, 9.17) is 14.7 Å². The first-order valence-corrected chi connectivity index (χ1v) is 16.2. The number of halogens is 2. The van der Waals surface area contributed by atoms with Crippen molar-refractivity contribution in [1.82, 2.24) is 35.1 Å². The number of nitrogens with one attached hydrogen (secondary N) is 3. The van der Waals surface area contributed by atoms with Gasteiger partial charge in [-0.15, -0.1) is 0 Å². The van der Waals surface area contributed by atoms with Gasteiger partial charge in [-0.05, 0) is 61.7 Å². The number of hydrogen-bond donors (Lipinski definition) is 3. The summed E-state index contributed by atoms with van der Waals surface area (Å²) >= 11 is 0. The third kappa shape index (κ3) is 5.70. The number of alkyl halides is 2. The van der Waals surface area contributed by atoms with Crippen LogP contribution in [-0.2, 0) is 13.6 Å². The number of amides is 2. The summed E-state index contributed by atoms with van der Waals surface area (Å²) in [6, 6.07) is 15.0. The molecule has 2 amide bonds. The molecule has 2 atom stereocenters. The number of aryl methyl sites for hydroxylation is 2. The molecule has 5 heterocycles. The van der Waals surface area contributed by atoms with E-state index in [2.05, 4.69) is 26.6 Å². The van der Waals surface area contributed by atoms with Gasteiger partial charge in [0.15, 0.2) is 5.82 Å². The molecule has 0 aliphatic carbocycles. The smallest absolute Gasteiger partial charge is 0.270 e. The first-order chi connectivity index (χ1) is 23.1. The lowest BCUT2D eigenvalue weighted by molar-refractivity contribution is -0.0542. The van der Waals surface area contributed by atoms with Gasteiger partial charge in [0.05, 0.1) is 30.1 Å². The Kier molecular flexibility index (Phi) is 8.20. The molecule has 0 radical (unpaired) electrons. The largest absolute Gasteiger partial charge is 0.494 e. The first-order valence-electron chi connectivity index (χ1n) is 16.2. The van der Waals surface area contributed by atoms with Crippen molar-refractivity contribution in [3.63, 3.8) is 0 Å². The summed E-state index contributed by atoms with van der Waals surface area (Å²) in [7, 11) is 3.39. The third-order valence-electron chi connectivity index (χ3n) is 9.26. The molecule has 0 saturated carbocycles. The number of rotatable bonds is 4. The fraction of sp³-hybridized carbons (Fsp3) is 0.333. The summed E-state index contributed by atoms with van der Waals surface area (Å²) in [5, 5.41) is 9.45. The number of methoxy groups -OCH3 is 1. The number of benzene rings is 2. The Bertz CT molecular complexity index is 2080. The Morgan fingerprint density at radius 1 is 1.12 bits per heavy atom. The molecule has 248 valence electrons. The zero-order chi connectivity index (χ0) is 33.6. The minimum Gasteiger partial charge on any atom is -0.494 e. The van der Waals surface area contributed by atoms with Gasteiger partial charge in [0.1, 0.15) is 23.0 Å². The molecule has 0 unspecified atom stereocenters. The lowest BCUT2D eigenvalue weighted by Crippen LogP contribution is -2.57. The Hall–Kier alpha value is -5.10. The van der Waals surface area contributed by atoms with Gasteiger partial charge in [-0.1, -0.05) is 30.4 Å². The quantitative estimate of drug-likeness (QED) is 0.232. The highest BCUT2D eigenvalue weighted by molar-refractivity contribution is 6.00. The van der Waals surface area contributed by atoms with Crippen LogP contribution in [0.15, 0.2) is 60.7 Å². The fourth-order valence-electron chi connectivity index (χ4n) is 6.62. The fourth-order valence-corrected chi connectivity index (χ4v) is 6.62. The van der Waals surface area contributed by atoms with Crippen molar-refractivity contribution in [3.05, 3.63) is 83.1 Å². The summed E-state index contributed by atoms with van der Waals surface area (Å²) in [5.41, 5.74) is 5.15. The van der Waals surface area contributed by atoms with E-state index in [1.165, 1.54) is 7.11 Å². The summed E-state index contributed by atoms with van der Waals surface area (Å²) in [6.45, 7) is 2.76. The van der Waals surface area contributed by atoms with Crippen molar-refractivity contribution in [2.24, 2.45) is 7.05 Å². The average Bonchev–Trinajstić information content (AvgIpc) is 3.61. The standard InChI is InChI=1S/C36H37F2N7O3/c1-21-26-13-12-23-18-28(45(32(23)41-26)16-8-4-5-9-22-10-6-7-11-25(22)35(47)40-21)33-42-27-17-24(19-29(48-3)31(27)44(33)2)34(46)43-30-20-39-15-14-36(30,37)38/h5-7,9-13,17-19,21,30,39H,4,8,14-16,20H2,1-3H3,(H,40,47)(H,43,46)/b9-5+/t21-,30+/m1/s1. The van der Waals surface area contributed by atoms with Crippen molar-refractivity contribution in [3.8, 4) is 17.3 Å². The number of pyridine rings is 1. The molecule has 3 N–H and O–H groups in total. The number of carbonyl (C=O) groups excluding carboxylic acids is 2. The van der Waals surface area contributed by atoms with E-state index in [1.807, 2.05) is 67.1 Å². The average molecular weight is 654 g/mol. The van der Waals surface area contributed by atoms with E-state index in [1.54, 1.807) is 12.1 Å². The van der Waals surface area contributed by atoms with Gasteiger partial charge >= 0.3 is 0 Å². The Labute approximate surface area is 276 Å². The molecule has 1 fully saturated rings. The number of hydrogen-bond acceptors (Lipinski definition) is 6. The van der Waals surface area contributed by atoms with Crippen LogP contribution in [0.25, 0.3) is 39.7 Å². The molecular weight excluding hydrogens is 616 g/mol. The zero-order valence-corrected chi connectivity index (χ0v) is 27.0. The number of nitrogens with zero attached hydrogens (tertiary/aromatic N) is 4. The number of allylic oxidation sites excluding steroid dienone is 1. The molecule has 2 aromatic carbocycles. The molecule has 2 aliphatic heterocycles. The Balaban J connectivity index is 1.28. The van der Waals surface area contributed by atoms with Crippen molar-refractivity contribution in [2.45, 2.75) is 50.7 Å². The van der Waals surface area contributed by atoms with E-state index in [-0.39, 0.29) is 37.0 Å². The monoisotopic (exact) mass is 653 g/mol. The van der Waals surface area contributed by atoms with E-state index in [0.717, 1.165) is 40.8 Å². The van der Waals surface area contributed by atoms with Crippen LogP contribution in [0.1, 0.15) is 64.2 Å². The molecule has 0 spiro atoms. The van der Waals surface area contributed by atoms with Crippen molar-refractivity contribution >= 4 is 40.0 Å². The topological polar surface area (TPSA) is 115 Å². The maximum atomic E-state index is 14.5. The van der Waals surface area contributed by atoms with Gasteiger partial charge in [0, 0.05) is 49.6 Å². The second kappa shape index (κ2) is 12.5. The van der Waals surface area contributed by atoms with Crippen LogP contribution in [0.3, 0.4) is 0 Å². The van der Waals surface area contributed by atoms with E-state index < -0.39 is 17.9 Å². The minimum absolute atomic E-state index is 0.0135.